The molecule has 1 heterocycles. The summed E-state index contributed by atoms with van der Waals surface area (Å²) >= 11 is 5.37. The normalized spacial score (nSPS) is 21.5. The van der Waals surface area contributed by atoms with Crippen molar-refractivity contribution < 1.29 is 4.74 Å². The summed E-state index contributed by atoms with van der Waals surface area (Å²) in [6.07, 6.45) is 4.88. The Bertz CT molecular complexity index is 199. The highest BCUT2D eigenvalue weighted by atomic mass is 32.1. The first-order chi connectivity index (χ1) is 7.25. The fourth-order valence-corrected chi connectivity index (χ4v) is 2.29. The van der Waals surface area contributed by atoms with Crippen molar-refractivity contribution in [2.24, 2.45) is 0 Å². The molecule has 1 atom stereocenters. The SMILES string of the molecule is COCCCNC(=S)N1CCCCC1C. The molecule has 0 spiro atoms. The zero-order chi connectivity index (χ0) is 11.1. The molecule has 1 aliphatic heterocycles. The van der Waals surface area contributed by atoms with Crippen LogP contribution in [0, 0.1) is 0 Å². The van der Waals surface area contributed by atoms with Crippen molar-refractivity contribution in [3.8, 4) is 0 Å². The number of rotatable bonds is 4. The van der Waals surface area contributed by atoms with Crippen molar-refractivity contribution in [3.05, 3.63) is 0 Å². The average molecular weight is 230 g/mol. The monoisotopic (exact) mass is 230 g/mol. The van der Waals surface area contributed by atoms with Gasteiger partial charge in [0.1, 0.15) is 0 Å². The topological polar surface area (TPSA) is 24.5 Å². The average Bonchev–Trinajstić information content (AvgIpc) is 2.25. The Morgan fingerprint density at radius 3 is 3.00 bits per heavy atom. The van der Waals surface area contributed by atoms with Gasteiger partial charge < -0.3 is 15.0 Å². The quantitative estimate of drug-likeness (QED) is 0.588. The van der Waals surface area contributed by atoms with E-state index in [4.69, 9.17) is 17.0 Å². The third-order valence-electron chi connectivity index (χ3n) is 2.87. The predicted octanol–water partition coefficient (Wildman–Crippen LogP) is 1.77. The highest BCUT2D eigenvalue weighted by Gasteiger charge is 2.19. The standard InChI is InChI=1S/C11H22N2OS/c1-10-6-3-4-8-13(10)11(15)12-7-5-9-14-2/h10H,3-9H2,1-2H3,(H,12,15). The lowest BCUT2D eigenvalue weighted by Crippen LogP contribution is -2.47. The molecular weight excluding hydrogens is 208 g/mol. The zero-order valence-corrected chi connectivity index (χ0v) is 10.6. The lowest BCUT2D eigenvalue weighted by Gasteiger charge is -2.35. The number of methoxy groups -OCH3 is 1. The minimum absolute atomic E-state index is 0.598. The van der Waals surface area contributed by atoms with Gasteiger partial charge in [-0.05, 0) is 44.8 Å². The van der Waals surface area contributed by atoms with E-state index >= 15 is 0 Å². The van der Waals surface area contributed by atoms with Gasteiger partial charge in [-0.2, -0.15) is 0 Å². The third kappa shape index (κ3) is 4.34. The Morgan fingerprint density at radius 1 is 1.53 bits per heavy atom. The molecule has 0 saturated carbocycles. The molecule has 0 aromatic carbocycles. The number of nitrogens with zero attached hydrogens (tertiary/aromatic N) is 1. The molecular formula is C11H22N2OS. The molecule has 0 aliphatic carbocycles. The van der Waals surface area contributed by atoms with Crippen LogP contribution in [0.5, 0.6) is 0 Å². The van der Waals surface area contributed by atoms with Crippen molar-refractivity contribution in [2.75, 3.05) is 26.8 Å². The minimum atomic E-state index is 0.598. The van der Waals surface area contributed by atoms with Gasteiger partial charge in [-0.1, -0.05) is 0 Å². The number of hydrogen-bond donors (Lipinski definition) is 1. The highest BCUT2D eigenvalue weighted by Crippen LogP contribution is 2.16. The lowest BCUT2D eigenvalue weighted by molar-refractivity contribution is 0.194. The molecule has 88 valence electrons. The van der Waals surface area contributed by atoms with E-state index < -0.39 is 0 Å². The Kier molecular flexibility index (Phi) is 5.95. The number of ether oxygens (including phenoxy) is 1. The smallest absolute Gasteiger partial charge is 0.169 e. The molecule has 1 rings (SSSR count). The summed E-state index contributed by atoms with van der Waals surface area (Å²) in [5.41, 5.74) is 0. The second-order valence-electron chi connectivity index (χ2n) is 4.12. The molecule has 1 aliphatic rings. The number of thiocarbonyl (C=S) groups is 1. The maximum atomic E-state index is 5.37. The number of likely N-dealkylation sites (tertiary alicyclic amines) is 1. The molecule has 0 aromatic heterocycles. The fourth-order valence-electron chi connectivity index (χ4n) is 1.91. The van der Waals surface area contributed by atoms with Gasteiger partial charge in [0.15, 0.2) is 5.11 Å². The van der Waals surface area contributed by atoms with E-state index in [0.717, 1.165) is 31.2 Å². The molecule has 3 nitrogen and oxygen atoms in total. The molecule has 0 radical (unpaired) electrons. The molecule has 4 heteroatoms. The van der Waals surface area contributed by atoms with Crippen molar-refractivity contribution in [3.63, 3.8) is 0 Å². The molecule has 1 N–H and O–H groups in total. The summed E-state index contributed by atoms with van der Waals surface area (Å²) in [6.45, 7) is 5.07. The lowest BCUT2D eigenvalue weighted by atomic mass is 10.0. The Morgan fingerprint density at radius 2 is 2.33 bits per heavy atom. The molecule has 0 amide bonds. The summed E-state index contributed by atoms with van der Waals surface area (Å²) in [6, 6.07) is 0.598. The van der Waals surface area contributed by atoms with E-state index in [-0.39, 0.29) is 0 Å². The van der Waals surface area contributed by atoms with E-state index in [0.29, 0.717) is 6.04 Å². The van der Waals surface area contributed by atoms with Crippen LogP contribution >= 0.6 is 12.2 Å². The second-order valence-corrected chi connectivity index (χ2v) is 4.50. The Labute approximate surface area is 98.2 Å². The van der Waals surface area contributed by atoms with Crippen molar-refractivity contribution in [1.82, 2.24) is 10.2 Å². The molecule has 1 unspecified atom stereocenters. The summed E-state index contributed by atoms with van der Waals surface area (Å²) in [4.78, 5) is 2.31. The fraction of sp³-hybridized carbons (Fsp3) is 0.909. The largest absolute Gasteiger partial charge is 0.385 e. The third-order valence-corrected chi connectivity index (χ3v) is 3.24. The van der Waals surface area contributed by atoms with E-state index in [1.54, 1.807) is 7.11 Å². The van der Waals surface area contributed by atoms with E-state index in [9.17, 15) is 0 Å². The second kappa shape index (κ2) is 7.01. The predicted molar refractivity (Wildman–Crippen MR) is 67.1 cm³/mol. The van der Waals surface area contributed by atoms with Crippen LogP contribution in [-0.2, 0) is 4.74 Å². The zero-order valence-electron chi connectivity index (χ0n) is 9.79. The number of piperidine rings is 1. The first kappa shape index (κ1) is 12.7. The summed E-state index contributed by atoms with van der Waals surface area (Å²) in [7, 11) is 1.73. The molecule has 1 fully saturated rings. The van der Waals surface area contributed by atoms with Gasteiger partial charge in [0, 0.05) is 32.8 Å². The van der Waals surface area contributed by atoms with Gasteiger partial charge in [-0.15, -0.1) is 0 Å². The van der Waals surface area contributed by atoms with Gasteiger partial charge in [0.2, 0.25) is 0 Å². The minimum Gasteiger partial charge on any atom is -0.385 e. The van der Waals surface area contributed by atoms with Crippen LogP contribution in [0.2, 0.25) is 0 Å². The summed E-state index contributed by atoms with van der Waals surface area (Å²) in [5.74, 6) is 0. The molecule has 15 heavy (non-hydrogen) atoms. The van der Waals surface area contributed by atoms with Crippen LogP contribution in [0.3, 0.4) is 0 Å². The van der Waals surface area contributed by atoms with E-state index in [2.05, 4.69) is 17.1 Å². The highest BCUT2D eigenvalue weighted by molar-refractivity contribution is 7.80. The summed E-state index contributed by atoms with van der Waals surface area (Å²) < 4.78 is 4.99. The number of nitrogens with one attached hydrogen (secondary N) is 1. The van der Waals surface area contributed by atoms with Crippen molar-refractivity contribution in [1.29, 1.82) is 0 Å². The van der Waals surface area contributed by atoms with Crippen molar-refractivity contribution in [2.45, 2.75) is 38.6 Å². The van der Waals surface area contributed by atoms with Gasteiger partial charge in [0.05, 0.1) is 0 Å². The first-order valence-corrected chi connectivity index (χ1v) is 6.20. The van der Waals surface area contributed by atoms with Crippen LogP contribution in [0.15, 0.2) is 0 Å². The molecule has 1 saturated heterocycles. The van der Waals surface area contributed by atoms with Gasteiger partial charge in [-0.3, -0.25) is 0 Å². The van der Waals surface area contributed by atoms with Crippen LogP contribution in [0.25, 0.3) is 0 Å². The van der Waals surface area contributed by atoms with Crippen LogP contribution in [0.4, 0.5) is 0 Å². The van der Waals surface area contributed by atoms with Gasteiger partial charge in [-0.25, -0.2) is 0 Å². The van der Waals surface area contributed by atoms with Crippen LogP contribution < -0.4 is 5.32 Å². The maximum Gasteiger partial charge on any atom is 0.169 e. The maximum absolute atomic E-state index is 5.37. The van der Waals surface area contributed by atoms with E-state index in [1.807, 2.05) is 0 Å². The Balaban J connectivity index is 2.20. The molecule has 0 bridgehead atoms. The number of hydrogen-bond acceptors (Lipinski definition) is 2. The summed E-state index contributed by atoms with van der Waals surface area (Å²) in [5, 5.41) is 4.21. The molecule has 0 aromatic rings. The van der Waals surface area contributed by atoms with Gasteiger partial charge in [0.25, 0.3) is 0 Å². The van der Waals surface area contributed by atoms with Crippen molar-refractivity contribution >= 4 is 17.3 Å². The van der Waals surface area contributed by atoms with Crippen LogP contribution in [-0.4, -0.2) is 42.9 Å². The first-order valence-electron chi connectivity index (χ1n) is 5.79. The van der Waals surface area contributed by atoms with Gasteiger partial charge >= 0.3 is 0 Å². The van der Waals surface area contributed by atoms with Crippen LogP contribution in [0.1, 0.15) is 32.6 Å². The van der Waals surface area contributed by atoms with E-state index in [1.165, 1.54) is 19.3 Å². The Hall–Kier alpha value is -0.350.